The Labute approximate surface area is 120 Å². The molecule has 3 rings (SSSR count). The number of nitrogens with zero attached hydrogens (tertiary/aromatic N) is 5. The van der Waals surface area contributed by atoms with Gasteiger partial charge >= 0.3 is 0 Å². The van der Waals surface area contributed by atoms with Gasteiger partial charge in [-0.2, -0.15) is 4.68 Å². The Morgan fingerprint density at radius 2 is 1.84 bits per heavy atom. The first kappa shape index (κ1) is 12.3. The van der Waals surface area contributed by atoms with E-state index < -0.39 is 0 Å². The second kappa shape index (κ2) is 5.52. The summed E-state index contributed by atoms with van der Waals surface area (Å²) in [4.78, 5) is 2.29. The van der Waals surface area contributed by atoms with Gasteiger partial charge in [0.2, 0.25) is 0 Å². The average molecular weight is 320 g/mol. The van der Waals surface area contributed by atoms with E-state index in [9.17, 15) is 0 Å². The van der Waals surface area contributed by atoms with E-state index in [1.54, 1.807) is 4.68 Å². The zero-order valence-electron chi connectivity index (χ0n) is 10.4. The van der Waals surface area contributed by atoms with Crippen LogP contribution in [0.2, 0.25) is 0 Å². The molecule has 1 fully saturated rings. The van der Waals surface area contributed by atoms with Gasteiger partial charge in [-0.15, -0.1) is 5.10 Å². The standard InChI is InChI=1S/C13H14BrN5/c14-11-3-5-12(6-4-11)19-13(15-16-17-19)7-10-18-8-1-2-9-18/h3-7,10H,1-2,8-9H2/b10-7-. The zero-order chi connectivity index (χ0) is 13.1. The first-order chi connectivity index (χ1) is 9.33. The maximum atomic E-state index is 4.05. The van der Waals surface area contributed by atoms with Crippen LogP contribution in [0, 0.1) is 0 Å². The number of aromatic nitrogens is 4. The number of hydrogen-bond acceptors (Lipinski definition) is 4. The second-order valence-electron chi connectivity index (χ2n) is 4.48. The highest BCUT2D eigenvalue weighted by Crippen LogP contribution is 2.15. The summed E-state index contributed by atoms with van der Waals surface area (Å²) in [5, 5.41) is 11.8. The van der Waals surface area contributed by atoms with E-state index in [1.807, 2.05) is 30.3 Å². The van der Waals surface area contributed by atoms with Crippen molar-refractivity contribution < 1.29 is 0 Å². The quantitative estimate of drug-likeness (QED) is 0.872. The Bertz CT molecular complexity index is 569. The van der Waals surface area contributed by atoms with E-state index in [4.69, 9.17) is 0 Å². The first-order valence-corrected chi connectivity index (χ1v) is 7.09. The summed E-state index contributed by atoms with van der Waals surface area (Å²) in [5.74, 6) is 0.745. The highest BCUT2D eigenvalue weighted by atomic mass is 79.9. The van der Waals surface area contributed by atoms with Gasteiger partial charge in [0.1, 0.15) is 0 Å². The molecule has 1 aromatic heterocycles. The molecule has 1 saturated heterocycles. The summed E-state index contributed by atoms with van der Waals surface area (Å²) in [6, 6.07) is 7.91. The summed E-state index contributed by atoms with van der Waals surface area (Å²) in [6.07, 6.45) is 6.57. The molecule has 6 heteroatoms. The van der Waals surface area contributed by atoms with E-state index in [0.717, 1.165) is 29.1 Å². The van der Waals surface area contributed by atoms with Crippen LogP contribution < -0.4 is 0 Å². The third-order valence-corrected chi connectivity index (χ3v) is 3.67. The van der Waals surface area contributed by atoms with E-state index in [2.05, 4.69) is 42.6 Å². The van der Waals surface area contributed by atoms with Gasteiger partial charge in [0.15, 0.2) is 5.82 Å². The van der Waals surface area contributed by atoms with Gasteiger partial charge in [-0.05, 0) is 47.5 Å². The Kier molecular flexibility index (Phi) is 3.59. The smallest absolute Gasteiger partial charge is 0.181 e. The van der Waals surface area contributed by atoms with Gasteiger partial charge < -0.3 is 4.90 Å². The molecule has 0 amide bonds. The Morgan fingerprint density at radius 3 is 2.58 bits per heavy atom. The minimum atomic E-state index is 0.745. The molecule has 1 aliphatic heterocycles. The van der Waals surface area contributed by atoms with Crippen LogP contribution in [-0.2, 0) is 0 Å². The Hall–Kier alpha value is -1.69. The summed E-state index contributed by atoms with van der Waals surface area (Å²) >= 11 is 3.42. The SMILES string of the molecule is Brc1ccc(-n2nnnc2/C=C\N2CCCC2)cc1. The van der Waals surface area contributed by atoms with Crippen LogP contribution in [-0.4, -0.2) is 38.2 Å². The highest BCUT2D eigenvalue weighted by molar-refractivity contribution is 9.10. The molecule has 2 aromatic rings. The Morgan fingerprint density at radius 1 is 1.11 bits per heavy atom. The summed E-state index contributed by atoms with van der Waals surface area (Å²) in [6.45, 7) is 2.24. The maximum Gasteiger partial charge on any atom is 0.181 e. The van der Waals surface area contributed by atoms with Crippen molar-refractivity contribution in [2.24, 2.45) is 0 Å². The Balaban J connectivity index is 1.83. The van der Waals surface area contributed by atoms with Crippen LogP contribution in [0.3, 0.4) is 0 Å². The monoisotopic (exact) mass is 319 g/mol. The minimum Gasteiger partial charge on any atom is -0.377 e. The van der Waals surface area contributed by atoms with Crippen LogP contribution in [0.1, 0.15) is 18.7 Å². The molecule has 0 atom stereocenters. The number of benzene rings is 1. The van der Waals surface area contributed by atoms with Crippen molar-refractivity contribution in [2.45, 2.75) is 12.8 Å². The van der Waals surface area contributed by atoms with Gasteiger partial charge in [-0.3, -0.25) is 0 Å². The number of halogens is 1. The fourth-order valence-corrected chi connectivity index (χ4v) is 2.39. The molecule has 0 radical (unpaired) electrons. The van der Waals surface area contributed by atoms with Crippen molar-refractivity contribution in [1.82, 2.24) is 25.1 Å². The van der Waals surface area contributed by atoms with Crippen LogP contribution in [0.15, 0.2) is 34.9 Å². The summed E-state index contributed by atoms with van der Waals surface area (Å²) in [7, 11) is 0. The fraction of sp³-hybridized carbons (Fsp3) is 0.308. The van der Waals surface area contributed by atoms with Crippen LogP contribution in [0.4, 0.5) is 0 Å². The van der Waals surface area contributed by atoms with Crippen molar-refractivity contribution in [2.75, 3.05) is 13.1 Å². The molecular weight excluding hydrogens is 306 g/mol. The van der Waals surface area contributed by atoms with E-state index >= 15 is 0 Å². The van der Waals surface area contributed by atoms with Gasteiger partial charge in [0, 0.05) is 29.8 Å². The molecule has 2 heterocycles. The molecule has 0 spiro atoms. The van der Waals surface area contributed by atoms with E-state index in [-0.39, 0.29) is 0 Å². The lowest BCUT2D eigenvalue weighted by Gasteiger charge is -2.09. The molecule has 1 aliphatic rings. The third kappa shape index (κ3) is 2.84. The lowest BCUT2D eigenvalue weighted by atomic mass is 10.3. The molecule has 0 saturated carbocycles. The molecule has 0 aliphatic carbocycles. The van der Waals surface area contributed by atoms with Gasteiger partial charge in [-0.25, -0.2) is 0 Å². The van der Waals surface area contributed by atoms with Crippen LogP contribution >= 0.6 is 15.9 Å². The van der Waals surface area contributed by atoms with Crippen molar-refractivity contribution >= 4 is 22.0 Å². The number of hydrogen-bond donors (Lipinski definition) is 0. The predicted octanol–water partition coefficient (Wildman–Crippen LogP) is 2.49. The highest BCUT2D eigenvalue weighted by Gasteiger charge is 2.08. The number of rotatable bonds is 3. The van der Waals surface area contributed by atoms with Gasteiger partial charge in [-0.1, -0.05) is 15.9 Å². The van der Waals surface area contributed by atoms with Gasteiger partial charge in [0.05, 0.1) is 5.69 Å². The molecule has 0 unspecified atom stereocenters. The largest absolute Gasteiger partial charge is 0.377 e. The first-order valence-electron chi connectivity index (χ1n) is 6.29. The molecule has 5 nitrogen and oxygen atoms in total. The van der Waals surface area contributed by atoms with Crippen molar-refractivity contribution in [1.29, 1.82) is 0 Å². The molecule has 0 bridgehead atoms. The minimum absolute atomic E-state index is 0.745. The molecule has 0 N–H and O–H groups in total. The van der Waals surface area contributed by atoms with Crippen molar-refractivity contribution in [3.8, 4) is 5.69 Å². The van der Waals surface area contributed by atoms with Crippen molar-refractivity contribution in [3.63, 3.8) is 0 Å². The van der Waals surface area contributed by atoms with Gasteiger partial charge in [0.25, 0.3) is 0 Å². The van der Waals surface area contributed by atoms with Crippen LogP contribution in [0.25, 0.3) is 11.8 Å². The predicted molar refractivity (Wildman–Crippen MR) is 76.7 cm³/mol. The lowest BCUT2D eigenvalue weighted by Crippen LogP contribution is -2.10. The normalized spacial score (nSPS) is 15.5. The average Bonchev–Trinajstić information content (AvgIpc) is 3.08. The van der Waals surface area contributed by atoms with E-state index in [1.165, 1.54) is 12.8 Å². The maximum absolute atomic E-state index is 4.05. The lowest BCUT2D eigenvalue weighted by molar-refractivity contribution is 0.470. The summed E-state index contributed by atoms with van der Waals surface area (Å²) in [5.41, 5.74) is 0.953. The number of tetrazole rings is 1. The molecule has 98 valence electrons. The number of likely N-dealkylation sites (tertiary alicyclic amines) is 1. The van der Waals surface area contributed by atoms with Crippen molar-refractivity contribution in [3.05, 3.63) is 40.8 Å². The molecular formula is C13H14BrN5. The summed E-state index contributed by atoms with van der Waals surface area (Å²) < 4.78 is 2.78. The van der Waals surface area contributed by atoms with E-state index in [0.29, 0.717) is 0 Å². The fourth-order valence-electron chi connectivity index (χ4n) is 2.13. The third-order valence-electron chi connectivity index (χ3n) is 3.14. The van der Waals surface area contributed by atoms with Crippen LogP contribution in [0.5, 0.6) is 0 Å². The molecule has 1 aromatic carbocycles. The topological polar surface area (TPSA) is 46.8 Å². The second-order valence-corrected chi connectivity index (χ2v) is 5.40. The molecule has 19 heavy (non-hydrogen) atoms. The zero-order valence-corrected chi connectivity index (χ0v) is 12.0.